The highest BCUT2D eigenvalue weighted by molar-refractivity contribution is 7.92. The summed E-state index contributed by atoms with van der Waals surface area (Å²) in [4.78, 5) is 11.7. The van der Waals surface area contributed by atoms with Crippen molar-refractivity contribution < 1.29 is 17.9 Å². The van der Waals surface area contributed by atoms with Crippen molar-refractivity contribution in [3.8, 4) is 5.75 Å². The molecule has 0 atom stereocenters. The Morgan fingerprint density at radius 3 is 2.32 bits per heavy atom. The van der Waals surface area contributed by atoms with Gasteiger partial charge in [-0.1, -0.05) is 12.1 Å². The lowest BCUT2D eigenvalue weighted by Gasteiger charge is -2.15. The second-order valence-corrected chi connectivity index (χ2v) is 7.66. The molecule has 0 spiro atoms. The van der Waals surface area contributed by atoms with E-state index in [0.717, 1.165) is 11.1 Å². The topological polar surface area (TPSA) is 72.5 Å². The van der Waals surface area contributed by atoms with Crippen LogP contribution in [-0.2, 0) is 10.0 Å². The summed E-state index contributed by atoms with van der Waals surface area (Å²) in [7, 11) is -3.78. The van der Waals surface area contributed by atoms with Crippen molar-refractivity contribution in [1.82, 2.24) is 0 Å². The molecule has 2 rings (SSSR count). The van der Waals surface area contributed by atoms with Crippen LogP contribution < -0.4 is 9.46 Å². The summed E-state index contributed by atoms with van der Waals surface area (Å²) < 4.78 is 33.8. The normalized spacial score (nSPS) is 11.2. The fourth-order valence-corrected chi connectivity index (χ4v) is 3.95. The van der Waals surface area contributed by atoms with Gasteiger partial charge < -0.3 is 4.74 Å². The standard InChI is InChI=1S/C19H23NO4S/c1-6-24-18-9-14(4)19(10-13(18)3)25(22,23)20-17-11-16(15(5)21)8-7-12(17)2/h7-11,20H,6H2,1-5H3. The predicted octanol–water partition coefficient (Wildman–Crippen LogP) is 4.01. The highest BCUT2D eigenvalue weighted by Gasteiger charge is 2.20. The Morgan fingerprint density at radius 2 is 1.72 bits per heavy atom. The molecule has 0 heterocycles. The Labute approximate surface area is 149 Å². The number of nitrogens with one attached hydrogen (secondary N) is 1. The third-order valence-electron chi connectivity index (χ3n) is 3.95. The first-order chi connectivity index (χ1) is 11.7. The minimum absolute atomic E-state index is 0.117. The second-order valence-electron chi connectivity index (χ2n) is 6.01. The number of rotatable bonds is 6. The zero-order valence-electron chi connectivity index (χ0n) is 15.1. The lowest BCUT2D eigenvalue weighted by molar-refractivity contribution is 0.101. The summed E-state index contributed by atoms with van der Waals surface area (Å²) in [5.74, 6) is 0.558. The molecule has 0 bridgehead atoms. The van der Waals surface area contributed by atoms with E-state index in [1.807, 2.05) is 13.8 Å². The van der Waals surface area contributed by atoms with E-state index < -0.39 is 10.0 Å². The molecular weight excluding hydrogens is 338 g/mol. The van der Waals surface area contributed by atoms with Crippen LogP contribution in [-0.4, -0.2) is 20.8 Å². The van der Waals surface area contributed by atoms with Crippen molar-refractivity contribution in [1.29, 1.82) is 0 Å². The van der Waals surface area contributed by atoms with E-state index in [2.05, 4.69) is 4.72 Å². The molecule has 2 aromatic rings. The summed E-state index contributed by atoms with van der Waals surface area (Å²) in [6, 6.07) is 8.30. The van der Waals surface area contributed by atoms with Crippen LogP contribution in [0.2, 0.25) is 0 Å². The zero-order valence-corrected chi connectivity index (χ0v) is 16.0. The van der Waals surface area contributed by atoms with E-state index in [9.17, 15) is 13.2 Å². The Morgan fingerprint density at radius 1 is 1.04 bits per heavy atom. The Hall–Kier alpha value is -2.34. The van der Waals surface area contributed by atoms with Crippen LogP contribution in [0.1, 0.15) is 40.9 Å². The number of sulfonamides is 1. The van der Waals surface area contributed by atoms with Gasteiger partial charge in [0.15, 0.2) is 5.78 Å². The molecule has 0 unspecified atom stereocenters. The molecule has 0 radical (unpaired) electrons. The van der Waals surface area contributed by atoms with E-state index in [-0.39, 0.29) is 10.7 Å². The van der Waals surface area contributed by atoms with Gasteiger partial charge in [0.2, 0.25) is 0 Å². The third-order valence-corrected chi connectivity index (χ3v) is 5.46. The van der Waals surface area contributed by atoms with Gasteiger partial charge in [-0.3, -0.25) is 9.52 Å². The number of carbonyl (C=O) groups excluding carboxylic acids is 1. The molecule has 5 nitrogen and oxygen atoms in total. The molecule has 0 aliphatic heterocycles. The van der Waals surface area contributed by atoms with Gasteiger partial charge in [-0.05, 0) is 69.5 Å². The molecule has 0 fully saturated rings. The molecule has 6 heteroatoms. The number of hydrogen-bond donors (Lipinski definition) is 1. The number of anilines is 1. The van der Waals surface area contributed by atoms with Crippen LogP contribution in [0, 0.1) is 20.8 Å². The van der Waals surface area contributed by atoms with E-state index in [4.69, 9.17) is 4.74 Å². The van der Waals surface area contributed by atoms with Gasteiger partial charge in [0.1, 0.15) is 5.75 Å². The van der Waals surface area contributed by atoms with Crippen molar-refractivity contribution >= 4 is 21.5 Å². The van der Waals surface area contributed by atoms with Gasteiger partial charge in [-0.2, -0.15) is 0 Å². The average Bonchev–Trinajstić information content (AvgIpc) is 2.52. The number of hydrogen-bond acceptors (Lipinski definition) is 4. The van der Waals surface area contributed by atoms with E-state index >= 15 is 0 Å². The highest BCUT2D eigenvalue weighted by Crippen LogP contribution is 2.28. The van der Waals surface area contributed by atoms with Gasteiger partial charge in [0, 0.05) is 5.56 Å². The molecule has 0 saturated carbocycles. The predicted molar refractivity (Wildman–Crippen MR) is 99.1 cm³/mol. The molecule has 134 valence electrons. The van der Waals surface area contributed by atoms with Gasteiger partial charge in [-0.15, -0.1) is 0 Å². The summed E-state index contributed by atoms with van der Waals surface area (Å²) >= 11 is 0. The van der Waals surface area contributed by atoms with E-state index in [0.29, 0.717) is 29.2 Å². The average molecular weight is 361 g/mol. The molecule has 0 aromatic heterocycles. The van der Waals surface area contributed by atoms with Crippen molar-refractivity contribution in [2.45, 2.75) is 39.5 Å². The van der Waals surface area contributed by atoms with Crippen molar-refractivity contribution in [2.75, 3.05) is 11.3 Å². The number of ketones is 1. The number of aryl methyl sites for hydroxylation is 3. The molecule has 0 amide bonds. The fourth-order valence-electron chi connectivity index (χ4n) is 2.51. The highest BCUT2D eigenvalue weighted by atomic mass is 32.2. The minimum Gasteiger partial charge on any atom is -0.494 e. The lowest BCUT2D eigenvalue weighted by Crippen LogP contribution is -2.16. The molecular formula is C19H23NO4S. The Bertz CT molecular complexity index is 917. The van der Waals surface area contributed by atoms with Crippen LogP contribution in [0.15, 0.2) is 35.2 Å². The van der Waals surface area contributed by atoms with Crippen molar-refractivity contribution in [3.05, 3.63) is 52.6 Å². The summed E-state index contributed by atoms with van der Waals surface area (Å²) in [5.41, 5.74) is 2.96. The Kier molecular flexibility index (Phi) is 5.52. The van der Waals surface area contributed by atoms with Crippen LogP contribution in [0.25, 0.3) is 0 Å². The first kappa shape index (κ1) is 19.0. The van der Waals surface area contributed by atoms with Crippen molar-refractivity contribution in [2.24, 2.45) is 0 Å². The SMILES string of the molecule is CCOc1cc(C)c(S(=O)(=O)Nc2cc(C(C)=O)ccc2C)cc1C. The lowest BCUT2D eigenvalue weighted by atomic mass is 10.1. The first-order valence-corrected chi connectivity index (χ1v) is 9.52. The van der Waals surface area contributed by atoms with Gasteiger partial charge in [-0.25, -0.2) is 8.42 Å². The number of benzene rings is 2. The first-order valence-electron chi connectivity index (χ1n) is 8.04. The number of Topliss-reactive ketones (excluding diaryl/α,β-unsaturated/α-hetero) is 1. The zero-order chi connectivity index (χ0) is 18.8. The smallest absolute Gasteiger partial charge is 0.262 e. The maximum atomic E-state index is 12.8. The maximum Gasteiger partial charge on any atom is 0.262 e. The molecule has 1 N–H and O–H groups in total. The van der Waals surface area contributed by atoms with Gasteiger partial charge >= 0.3 is 0 Å². The largest absolute Gasteiger partial charge is 0.494 e. The second kappa shape index (κ2) is 7.27. The van der Waals surface area contributed by atoms with Gasteiger partial charge in [0.25, 0.3) is 10.0 Å². The molecule has 0 aliphatic carbocycles. The fraction of sp³-hybridized carbons (Fsp3) is 0.316. The van der Waals surface area contributed by atoms with Gasteiger partial charge in [0.05, 0.1) is 17.2 Å². The van der Waals surface area contributed by atoms with Crippen LogP contribution in [0.5, 0.6) is 5.75 Å². The maximum absolute atomic E-state index is 12.8. The minimum atomic E-state index is -3.78. The van der Waals surface area contributed by atoms with E-state index in [1.54, 1.807) is 44.2 Å². The molecule has 2 aromatic carbocycles. The quantitative estimate of drug-likeness (QED) is 0.789. The van der Waals surface area contributed by atoms with Crippen LogP contribution in [0.3, 0.4) is 0 Å². The third kappa shape index (κ3) is 4.20. The number of carbonyl (C=O) groups is 1. The summed E-state index contributed by atoms with van der Waals surface area (Å²) in [5, 5.41) is 0. The van der Waals surface area contributed by atoms with Crippen molar-refractivity contribution in [3.63, 3.8) is 0 Å². The van der Waals surface area contributed by atoms with E-state index in [1.165, 1.54) is 6.92 Å². The Balaban J connectivity index is 2.45. The molecule has 0 aliphatic rings. The van der Waals surface area contributed by atoms with Crippen LogP contribution in [0.4, 0.5) is 5.69 Å². The monoisotopic (exact) mass is 361 g/mol. The molecule has 25 heavy (non-hydrogen) atoms. The van der Waals surface area contributed by atoms with Crippen LogP contribution >= 0.6 is 0 Å². The summed E-state index contributed by atoms with van der Waals surface area (Å²) in [6.45, 7) is 9.18. The molecule has 0 saturated heterocycles. The summed E-state index contributed by atoms with van der Waals surface area (Å²) in [6.07, 6.45) is 0. The number of ether oxygens (including phenoxy) is 1.